The average Bonchev–Trinajstić information content (AvgIpc) is 3.21. The van der Waals surface area contributed by atoms with Crippen molar-refractivity contribution in [1.29, 1.82) is 0 Å². The molecule has 2 aromatic heterocycles. The molecule has 0 spiro atoms. The SMILES string of the molecule is CC(C)(C)c1cnc(CN2CCCN(C(=O)/C=C/c3cccs3)CC2)o1. The highest BCUT2D eigenvalue weighted by Crippen LogP contribution is 2.23. The molecule has 2 aromatic rings. The van der Waals surface area contributed by atoms with Crippen molar-refractivity contribution >= 4 is 23.3 Å². The van der Waals surface area contributed by atoms with Crippen LogP contribution in [0, 0.1) is 0 Å². The molecule has 0 atom stereocenters. The second kappa shape index (κ2) is 8.18. The Kier molecular flexibility index (Phi) is 5.94. The molecule has 140 valence electrons. The number of oxazole rings is 1. The summed E-state index contributed by atoms with van der Waals surface area (Å²) in [5.74, 6) is 1.76. The molecule has 1 aliphatic rings. The number of carbonyl (C=O) groups is 1. The van der Waals surface area contributed by atoms with Crippen LogP contribution in [-0.2, 0) is 16.8 Å². The zero-order chi connectivity index (χ0) is 18.6. The monoisotopic (exact) mass is 373 g/mol. The van der Waals surface area contributed by atoms with Crippen LogP contribution in [0.3, 0.4) is 0 Å². The summed E-state index contributed by atoms with van der Waals surface area (Å²) in [6.07, 6.45) is 6.38. The largest absolute Gasteiger partial charge is 0.444 e. The molecule has 26 heavy (non-hydrogen) atoms. The normalized spacial score (nSPS) is 17.0. The van der Waals surface area contributed by atoms with Crippen molar-refractivity contribution < 1.29 is 9.21 Å². The molecule has 1 fully saturated rings. The van der Waals surface area contributed by atoms with Gasteiger partial charge in [-0.15, -0.1) is 11.3 Å². The van der Waals surface area contributed by atoms with Crippen LogP contribution in [0.25, 0.3) is 6.08 Å². The van der Waals surface area contributed by atoms with Crippen molar-refractivity contribution in [3.8, 4) is 0 Å². The molecule has 0 bridgehead atoms. The van der Waals surface area contributed by atoms with Gasteiger partial charge < -0.3 is 9.32 Å². The Labute approximate surface area is 159 Å². The molecular formula is C20H27N3O2S. The highest BCUT2D eigenvalue weighted by Gasteiger charge is 2.22. The second-order valence-corrected chi connectivity index (χ2v) is 8.65. The van der Waals surface area contributed by atoms with Gasteiger partial charge in [-0.25, -0.2) is 4.98 Å². The van der Waals surface area contributed by atoms with Crippen molar-refractivity contribution in [3.63, 3.8) is 0 Å². The number of thiophene rings is 1. The zero-order valence-electron chi connectivity index (χ0n) is 15.8. The van der Waals surface area contributed by atoms with Crippen LogP contribution in [0.2, 0.25) is 0 Å². The molecule has 0 radical (unpaired) electrons. The first-order chi connectivity index (χ1) is 12.4. The highest BCUT2D eigenvalue weighted by atomic mass is 32.1. The second-order valence-electron chi connectivity index (χ2n) is 7.67. The fourth-order valence-corrected chi connectivity index (χ4v) is 3.53. The maximum atomic E-state index is 12.4. The third kappa shape index (κ3) is 5.05. The van der Waals surface area contributed by atoms with Gasteiger partial charge in [0.05, 0.1) is 12.7 Å². The van der Waals surface area contributed by atoms with Crippen LogP contribution in [0.1, 0.15) is 43.7 Å². The number of hydrogen-bond donors (Lipinski definition) is 0. The van der Waals surface area contributed by atoms with E-state index in [1.54, 1.807) is 17.4 Å². The first kappa shape index (κ1) is 18.9. The first-order valence-electron chi connectivity index (χ1n) is 9.10. The van der Waals surface area contributed by atoms with Crippen LogP contribution < -0.4 is 0 Å². The summed E-state index contributed by atoms with van der Waals surface area (Å²) in [6.45, 7) is 10.4. The standard InChI is InChI=1S/C20H27N3O2S/c1-20(2,3)17-14-21-18(25-17)15-22-9-5-10-23(12-11-22)19(24)8-7-16-6-4-13-26-16/h4,6-8,13-14H,5,9-12,15H2,1-3H3/b8-7+. The van der Waals surface area contributed by atoms with Crippen molar-refractivity contribution in [1.82, 2.24) is 14.8 Å². The lowest BCUT2D eigenvalue weighted by Crippen LogP contribution is -2.34. The van der Waals surface area contributed by atoms with Crippen molar-refractivity contribution in [2.45, 2.75) is 39.2 Å². The first-order valence-corrected chi connectivity index (χ1v) is 9.98. The third-order valence-corrected chi connectivity index (χ3v) is 5.32. The lowest BCUT2D eigenvalue weighted by atomic mass is 9.94. The molecule has 1 amide bonds. The minimum atomic E-state index is -0.0256. The predicted octanol–water partition coefficient (Wildman–Crippen LogP) is 3.78. The van der Waals surface area contributed by atoms with Crippen LogP contribution in [0.15, 0.2) is 34.2 Å². The van der Waals surface area contributed by atoms with Gasteiger partial charge in [-0.2, -0.15) is 0 Å². The van der Waals surface area contributed by atoms with Crippen molar-refractivity contribution in [3.05, 3.63) is 46.3 Å². The van der Waals surface area contributed by atoms with E-state index in [1.807, 2.05) is 34.7 Å². The van der Waals surface area contributed by atoms with E-state index < -0.39 is 0 Å². The van der Waals surface area contributed by atoms with Gasteiger partial charge >= 0.3 is 0 Å². The van der Waals surface area contributed by atoms with E-state index in [2.05, 4.69) is 30.7 Å². The lowest BCUT2D eigenvalue weighted by Gasteiger charge is -2.20. The van der Waals surface area contributed by atoms with Crippen LogP contribution in [0.5, 0.6) is 0 Å². The van der Waals surface area contributed by atoms with E-state index in [0.717, 1.165) is 49.1 Å². The van der Waals surface area contributed by atoms with E-state index in [1.165, 1.54) is 0 Å². The van der Waals surface area contributed by atoms with Gasteiger partial charge in [-0.1, -0.05) is 26.8 Å². The van der Waals surface area contributed by atoms with Crippen molar-refractivity contribution in [2.75, 3.05) is 26.2 Å². The summed E-state index contributed by atoms with van der Waals surface area (Å²) in [5.41, 5.74) is -0.0256. The maximum absolute atomic E-state index is 12.4. The fraction of sp³-hybridized carbons (Fsp3) is 0.500. The molecule has 6 heteroatoms. The van der Waals surface area contributed by atoms with Gasteiger partial charge in [0.25, 0.3) is 0 Å². The molecule has 0 aromatic carbocycles. The smallest absolute Gasteiger partial charge is 0.246 e. The van der Waals surface area contributed by atoms with E-state index in [9.17, 15) is 4.79 Å². The number of rotatable bonds is 4. The highest BCUT2D eigenvalue weighted by molar-refractivity contribution is 7.10. The Balaban J connectivity index is 1.53. The molecule has 0 saturated carbocycles. The van der Waals surface area contributed by atoms with Crippen LogP contribution in [0.4, 0.5) is 0 Å². The topological polar surface area (TPSA) is 49.6 Å². The predicted molar refractivity (Wildman–Crippen MR) is 105 cm³/mol. The average molecular weight is 374 g/mol. The van der Waals surface area contributed by atoms with Gasteiger partial charge in [0, 0.05) is 42.5 Å². The molecule has 3 rings (SSSR count). The van der Waals surface area contributed by atoms with Gasteiger partial charge in [0.1, 0.15) is 5.76 Å². The summed E-state index contributed by atoms with van der Waals surface area (Å²) < 4.78 is 5.90. The minimum absolute atomic E-state index is 0.0256. The molecule has 3 heterocycles. The summed E-state index contributed by atoms with van der Waals surface area (Å²) in [6, 6.07) is 4.01. The Hall–Kier alpha value is -1.92. The Morgan fingerprint density at radius 2 is 2.15 bits per heavy atom. The van der Waals surface area contributed by atoms with Gasteiger partial charge in [0.2, 0.25) is 11.8 Å². The summed E-state index contributed by atoms with van der Waals surface area (Å²) in [5, 5.41) is 2.02. The number of amides is 1. The summed E-state index contributed by atoms with van der Waals surface area (Å²) in [4.78, 5) is 22.2. The Bertz CT molecular complexity index is 743. The Morgan fingerprint density at radius 1 is 1.31 bits per heavy atom. The Morgan fingerprint density at radius 3 is 2.85 bits per heavy atom. The minimum Gasteiger partial charge on any atom is -0.444 e. The molecular weight excluding hydrogens is 346 g/mol. The van der Waals surface area contributed by atoms with E-state index in [-0.39, 0.29) is 11.3 Å². The van der Waals surface area contributed by atoms with E-state index in [0.29, 0.717) is 6.54 Å². The number of aromatic nitrogens is 1. The number of hydrogen-bond acceptors (Lipinski definition) is 5. The van der Waals surface area contributed by atoms with Crippen LogP contribution >= 0.6 is 11.3 Å². The summed E-state index contributed by atoms with van der Waals surface area (Å²) >= 11 is 1.64. The molecule has 1 saturated heterocycles. The molecule has 0 unspecified atom stereocenters. The van der Waals surface area contributed by atoms with Gasteiger partial charge in [0.15, 0.2) is 0 Å². The van der Waals surface area contributed by atoms with Gasteiger partial charge in [-0.05, 0) is 23.9 Å². The lowest BCUT2D eigenvalue weighted by molar-refractivity contribution is -0.125. The van der Waals surface area contributed by atoms with Crippen molar-refractivity contribution in [2.24, 2.45) is 0 Å². The molecule has 0 aliphatic carbocycles. The number of nitrogens with zero attached hydrogens (tertiary/aromatic N) is 3. The fourth-order valence-electron chi connectivity index (χ4n) is 2.92. The third-order valence-electron chi connectivity index (χ3n) is 4.49. The van der Waals surface area contributed by atoms with Gasteiger partial charge in [-0.3, -0.25) is 9.69 Å². The summed E-state index contributed by atoms with van der Waals surface area (Å²) in [7, 11) is 0. The van der Waals surface area contributed by atoms with Crippen LogP contribution in [-0.4, -0.2) is 46.9 Å². The number of carbonyl (C=O) groups excluding carboxylic acids is 1. The maximum Gasteiger partial charge on any atom is 0.246 e. The quantitative estimate of drug-likeness (QED) is 0.765. The van der Waals surface area contributed by atoms with E-state index in [4.69, 9.17) is 4.42 Å². The molecule has 0 N–H and O–H groups in total. The zero-order valence-corrected chi connectivity index (χ0v) is 16.6. The van der Waals surface area contributed by atoms with E-state index >= 15 is 0 Å². The molecule has 1 aliphatic heterocycles. The molecule has 5 nitrogen and oxygen atoms in total.